The van der Waals surface area contributed by atoms with E-state index in [2.05, 4.69) is 10.3 Å². The van der Waals surface area contributed by atoms with Gasteiger partial charge in [-0.3, -0.25) is 4.79 Å². The summed E-state index contributed by atoms with van der Waals surface area (Å²) in [6, 6.07) is 4.93. The Morgan fingerprint density at radius 2 is 2.11 bits per heavy atom. The molecule has 5 nitrogen and oxygen atoms in total. The molecular formula is C11H9Cl3N4O. The van der Waals surface area contributed by atoms with Crippen molar-refractivity contribution in [1.29, 1.82) is 5.26 Å². The highest BCUT2D eigenvalue weighted by Crippen LogP contribution is 2.33. The molecule has 100 valence electrons. The summed E-state index contributed by atoms with van der Waals surface area (Å²) >= 11 is 16.6. The largest absolute Gasteiger partial charge is 0.397 e. The number of pyridine rings is 1. The molecule has 0 radical (unpaired) electrons. The number of hydrogen-bond acceptors (Lipinski definition) is 4. The Morgan fingerprint density at radius 3 is 2.53 bits per heavy atom. The van der Waals surface area contributed by atoms with E-state index in [0.717, 1.165) is 5.56 Å². The van der Waals surface area contributed by atoms with E-state index in [1.54, 1.807) is 24.4 Å². The van der Waals surface area contributed by atoms with Crippen molar-refractivity contribution in [3.8, 4) is 6.07 Å². The zero-order valence-electron chi connectivity index (χ0n) is 9.75. The van der Waals surface area contributed by atoms with Crippen LogP contribution in [0.3, 0.4) is 0 Å². The Labute approximate surface area is 125 Å². The van der Waals surface area contributed by atoms with E-state index in [0.29, 0.717) is 0 Å². The summed E-state index contributed by atoms with van der Waals surface area (Å²) in [6.45, 7) is 1.85. The van der Waals surface area contributed by atoms with Crippen LogP contribution in [-0.4, -0.2) is 14.7 Å². The minimum Gasteiger partial charge on any atom is -0.397 e. The SMILES string of the molecule is Cc1ccc(NC(=O)/C(C#N)=C(/N)C(Cl)(Cl)Cl)nc1. The standard InChI is InChI=1S/C11H9Cl3N4O/c1-6-2-3-8(17-5-6)18-10(19)7(4-15)9(16)11(12,13)14/h2-3,5H,16H2,1H3,(H,17,18,19)/b9-7+. The van der Waals surface area contributed by atoms with Gasteiger partial charge in [-0.15, -0.1) is 0 Å². The summed E-state index contributed by atoms with van der Waals surface area (Å²) in [5.74, 6) is -0.525. The zero-order valence-corrected chi connectivity index (χ0v) is 12.0. The van der Waals surface area contributed by atoms with Crippen molar-refractivity contribution in [3.05, 3.63) is 35.2 Å². The maximum absolute atomic E-state index is 11.8. The lowest BCUT2D eigenvalue weighted by atomic mass is 10.2. The number of aryl methyl sites for hydroxylation is 1. The minimum atomic E-state index is -2.02. The number of rotatable bonds is 2. The third-order valence-electron chi connectivity index (χ3n) is 2.07. The number of alkyl halides is 3. The number of carbonyl (C=O) groups excluding carboxylic acids is 1. The number of halogens is 3. The number of amides is 1. The highest BCUT2D eigenvalue weighted by Gasteiger charge is 2.29. The molecule has 1 aromatic heterocycles. The van der Waals surface area contributed by atoms with E-state index in [1.807, 2.05) is 6.92 Å². The van der Waals surface area contributed by atoms with Gasteiger partial charge in [-0.25, -0.2) is 4.98 Å². The normalized spacial score (nSPS) is 12.4. The molecule has 0 aromatic carbocycles. The maximum atomic E-state index is 11.8. The highest BCUT2D eigenvalue weighted by atomic mass is 35.6. The van der Waals surface area contributed by atoms with Gasteiger partial charge < -0.3 is 11.1 Å². The zero-order chi connectivity index (χ0) is 14.6. The van der Waals surface area contributed by atoms with E-state index in [-0.39, 0.29) is 5.82 Å². The van der Waals surface area contributed by atoms with Crippen molar-refractivity contribution < 1.29 is 4.79 Å². The Hall–Kier alpha value is -1.48. The van der Waals surface area contributed by atoms with Crippen LogP contribution in [0.4, 0.5) is 5.82 Å². The van der Waals surface area contributed by atoms with Crippen LogP contribution in [0.5, 0.6) is 0 Å². The van der Waals surface area contributed by atoms with E-state index >= 15 is 0 Å². The molecule has 19 heavy (non-hydrogen) atoms. The molecule has 0 spiro atoms. The first-order valence-corrected chi connectivity index (χ1v) is 6.10. The second kappa shape index (κ2) is 6.11. The van der Waals surface area contributed by atoms with Crippen molar-refractivity contribution >= 4 is 46.5 Å². The molecule has 0 unspecified atom stereocenters. The van der Waals surface area contributed by atoms with E-state index in [1.165, 1.54) is 0 Å². The first-order valence-electron chi connectivity index (χ1n) is 4.96. The molecule has 8 heteroatoms. The number of anilines is 1. The summed E-state index contributed by atoms with van der Waals surface area (Å²) < 4.78 is -2.02. The van der Waals surface area contributed by atoms with Crippen molar-refractivity contribution in [3.63, 3.8) is 0 Å². The molecule has 0 fully saturated rings. The van der Waals surface area contributed by atoms with Gasteiger partial charge >= 0.3 is 0 Å². The predicted molar refractivity (Wildman–Crippen MR) is 74.7 cm³/mol. The molecule has 3 N–H and O–H groups in total. The molecule has 1 heterocycles. The van der Waals surface area contributed by atoms with Crippen molar-refractivity contribution in [2.45, 2.75) is 10.7 Å². The number of nitrogens with one attached hydrogen (secondary N) is 1. The van der Waals surface area contributed by atoms with Gasteiger partial charge in [0.25, 0.3) is 5.91 Å². The number of nitrogens with zero attached hydrogens (tertiary/aromatic N) is 2. The fourth-order valence-corrected chi connectivity index (χ4v) is 1.38. The van der Waals surface area contributed by atoms with Crippen LogP contribution < -0.4 is 11.1 Å². The van der Waals surface area contributed by atoms with Crippen molar-refractivity contribution in [2.75, 3.05) is 5.32 Å². The Morgan fingerprint density at radius 1 is 1.47 bits per heavy atom. The van der Waals surface area contributed by atoms with Gasteiger partial charge in [-0.05, 0) is 18.6 Å². The first-order chi connectivity index (χ1) is 8.75. The molecule has 0 aliphatic heterocycles. The lowest BCUT2D eigenvalue weighted by molar-refractivity contribution is -0.112. The summed E-state index contributed by atoms with van der Waals surface area (Å²) in [5, 5.41) is 11.3. The topological polar surface area (TPSA) is 91.8 Å². The quantitative estimate of drug-likeness (QED) is 0.497. The molecule has 0 saturated carbocycles. The predicted octanol–water partition coefficient (Wildman–Crippen LogP) is 2.44. The second-order valence-electron chi connectivity index (χ2n) is 3.57. The summed E-state index contributed by atoms with van der Waals surface area (Å²) in [4.78, 5) is 15.8. The Kier molecular flexibility index (Phi) is 5.01. The van der Waals surface area contributed by atoms with Crippen LogP contribution in [0, 0.1) is 18.3 Å². The number of aromatic nitrogens is 1. The average molecular weight is 320 g/mol. The minimum absolute atomic E-state index is 0.264. The fraction of sp³-hybridized carbons (Fsp3) is 0.182. The van der Waals surface area contributed by atoms with E-state index in [4.69, 9.17) is 45.8 Å². The van der Waals surface area contributed by atoms with Crippen LogP contribution >= 0.6 is 34.8 Å². The van der Waals surface area contributed by atoms with Crippen molar-refractivity contribution in [2.24, 2.45) is 5.73 Å². The smallest absolute Gasteiger partial charge is 0.269 e. The summed E-state index contributed by atoms with van der Waals surface area (Å²) in [6.07, 6.45) is 1.56. The third-order valence-corrected chi connectivity index (χ3v) is 2.68. The second-order valence-corrected chi connectivity index (χ2v) is 5.85. The van der Waals surface area contributed by atoms with Gasteiger partial charge in [0.1, 0.15) is 17.5 Å². The maximum Gasteiger partial charge on any atom is 0.269 e. The van der Waals surface area contributed by atoms with Gasteiger partial charge in [-0.2, -0.15) is 5.26 Å². The molecule has 0 saturated heterocycles. The van der Waals surface area contributed by atoms with Crippen LogP contribution in [0.1, 0.15) is 5.56 Å². The lowest BCUT2D eigenvalue weighted by Gasteiger charge is -2.13. The summed E-state index contributed by atoms with van der Waals surface area (Å²) in [5.41, 5.74) is 5.48. The third kappa shape index (κ3) is 4.28. The number of nitriles is 1. The number of carbonyl (C=O) groups is 1. The molecule has 0 atom stereocenters. The van der Waals surface area contributed by atoms with Crippen LogP contribution in [0.15, 0.2) is 29.6 Å². The van der Waals surface area contributed by atoms with Crippen molar-refractivity contribution in [1.82, 2.24) is 4.98 Å². The Balaban J connectivity index is 3.00. The van der Waals surface area contributed by atoms with E-state index < -0.39 is 21.0 Å². The molecular weight excluding hydrogens is 311 g/mol. The number of hydrogen-bond donors (Lipinski definition) is 2. The van der Waals surface area contributed by atoms with Crippen LogP contribution in [0.2, 0.25) is 0 Å². The molecule has 0 aliphatic carbocycles. The monoisotopic (exact) mass is 318 g/mol. The molecule has 1 rings (SSSR count). The molecule has 0 aliphatic rings. The molecule has 0 bridgehead atoms. The molecule has 1 aromatic rings. The van der Waals surface area contributed by atoms with Gasteiger partial charge in [0.2, 0.25) is 3.79 Å². The first kappa shape index (κ1) is 15.6. The molecule has 1 amide bonds. The van der Waals surface area contributed by atoms with Gasteiger partial charge in [0.15, 0.2) is 0 Å². The van der Waals surface area contributed by atoms with Gasteiger partial charge in [0, 0.05) is 6.20 Å². The average Bonchev–Trinajstić information content (AvgIpc) is 2.31. The van der Waals surface area contributed by atoms with Gasteiger partial charge in [-0.1, -0.05) is 40.9 Å². The van der Waals surface area contributed by atoms with E-state index in [9.17, 15) is 4.79 Å². The van der Waals surface area contributed by atoms with Crippen LogP contribution in [-0.2, 0) is 4.79 Å². The summed E-state index contributed by atoms with van der Waals surface area (Å²) in [7, 11) is 0. The lowest BCUT2D eigenvalue weighted by Crippen LogP contribution is -2.25. The number of allylic oxidation sites excluding steroid dienone is 1. The van der Waals surface area contributed by atoms with Gasteiger partial charge in [0.05, 0.1) is 5.70 Å². The number of nitrogens with two attached hydrogens (primary N) is 1. The fourth-order valence-electron chi connectivity index (χ4n) is 1.10. The Bertz CT molecular complexity index is 555. The van der Waals surface area contributed by atoms with Crippen LogP contribution in [0.25, 0.3) is 0 Å². The highest BCUT2D eigenvalue weighted by molar-refractivity contribution is 6.69.